The Labute approximate surface area is 168 Å². The van der Waals surface area contributed by atoms with Crippen molar-refractivity contribution in [3.63, 3.8) is 0 Å². The van der Waals surface area contributed by atoms with Crippen molar-refractivity contribution in [3.8, 4) is 11.5 Å². The summed E-state index contributed by atoms with van der Waals surface area (Å²) in [5.41, 5.74) is -0.0372. The van der Waals surface area contributed by atoms with Crippen LogP contribution in [0.2, 0.25) is 0 Å². The van der Waals surface area contributed by atoms with Gasteiger partial charge in [0.25, 0.3) is 5.91 Å². The highest BCUT2D eigenvalue weighted by Crippen LogP contribution is 2.30. The van der Waals surface area contributed by atoms with Crippen LogP contribution >= 0.6 is 0 Å². The molecule has 2 atom stereocenters. The predicted molar refractivity (Wildman–Crippen MR) is 104 cm³/mol. The molecule has 0 spiro atoms. The summed E-state index contributed by atoms with van der Waals surface area (Å²) in [6.45, 7) is 6.94. The summed E-state index contributed by atoms with van der Waals surface area (Å²) >= 11 is 0. The quantitative estimate of drug-likeness (QED) is 0.689. The van der Waals surface area contributed by atoms with E-state index in [1.54, 1.807) is 19.1 Å². The van der Waals surface area contributed by atoms with Gasteiger partial charge in [0.05, 0.1) is 7.11 Å². The van der Waals surface area contributed by atoms with Crippen molar-refractivity contribution < 1.29 is 28.6 Å². The van der Waals surface area contributed by atoms with Crippen LogP contribution in [-0.2, 0) is 14.9 Å². The number of carbonyl (C=O) groups excluding carboxylic acids is 2. The average molecular weight is 404 g/mol. The normalized spacial score (nSPS) is 13.3. The zero-order valence-corrected chi connectivity index (χ0v) is 17.0. The summed E-state index contributed by atoms with van der Waals surface area (Å²) in [6, 6.07) is 6.40. The van der Waals surface area contributed by atoms with Crippen LogP contribution in [0.1, 0.15) is 43.7 Å². The number of aromatic nitrogens is 1. The number of aromatic hydroxyl groups is 1. The average Bonchev–Trinajstić information content (AvgIpc) is 2.68. The largest absolute Gasteiger partial charge is 0.503 e. The number of carbonyl (C=O) groups is 2. The minimum absolute atomic E-state index is 0.0926. The third-order valence-corrected chi connectivity index (χ3v) is 4.92. The molecule has 0 fully saturated rings. The fraction of sp³-hybridized carbons (Fsp3) is 0.381. The molecule has 1 unspecified atom stereocenters. The number of ether oxygens (including phenoxy) is 2. The summed E-state index contributed by atoms with van der Waals surface area (Å²) in [4.78, 5) is 28.6. The van der Waals surface area contributed by atoms with Crippen LogP contribution in [0.4, 0.5) is 4.39 Å². The first-order chi connectivity index (χ1) is 13.6. The molecule has 8 heteroatoms. The number of nitrogens with one attached hydrogen (secondary N) is 1. The fourth-order valence-electron chi connectivity index (χ4n) is 2.63. The van der Waals surface area contributed by atoms with Gasteiger partial charge in [-0.1, -0.05) is 26.0 Å². The van der Waals surface area contributed by atoms with Gasteiger partial charge in [-0.25, -0.2) is 14.2 Å². The number of rotatable bonds is 7. The van der Waals surface area contributed by atoms with E-state index in [4.69, 9.17) is 9.47 Å². The highest BCUT2D eigenvalue weighted by molar-refractivity contribution is 5.97. The van der Waals surface area contributed by atoms with Crippen molar-refractivity contribution >= 4 is 11.9 Å². The standard InChI is InChI=1S/C21H25FN2O5/c1-12(24-19(26)17-18(25)16(28-5)10-11-23-17)20(27)29-13(2)21(3,4)14-6-8-15(22)9-7-14/h6-13,25H,1-5H3,(H,24,26)/t12-,13?/m0/s1. The van der Waals surface area contributed by atoms with Gasteiger partial charge in [-0.3, -0.25) is 4.79 Å². The molecule has 0 radical (unpaired) electrons. The molecule has 1 heterocycles. The summed E-state index contributed by atoms with van der Waals surface area (Å²) in [6.07, 6.45) is 0.757. The molecule has 0 aliphatic heterocycles. The third kappa shape index (κ3) is 5.01. The highest BCUT2D eigenvalue weighted by atomic mass is 19.1. The molecule has 156 valence electrons. The number of pyridine rings is 1. The molecule has 1 aromatic heterocycles. The number of esters is 1. The second-order valence-corrected chi connectivity index (χ2v) is 7.21. The zero-order chi connectivity index (χ0) is 21.8. The number of hydrogen-bond acceptors (Lipinski definition) is 6. The van der Waals surface area contributed by atoms with Crippen molar-refractivity contribution in [2.24, 2.45) is 0 Å². The zero-order valence-electron chi connectivity index (χ0n) is 17.0. The Morgan fingerprint density at radius 2 is 1.79 bits per heavy atom. The maximum atomic E-state index is 13.2. The number of amides is 1. The van der Waals surface area contributed by atoms with Gasteiger partial charge >= 0.3 is 5.97 Å². The Hall–Kier alpha value is -3.16. The summed E-state index contributed by atoms with van der Waals surface area (Å²) < 4.78 is 23.6. The molecule has 0 aliphatic rings. The molecule has 0 bridgehead atoms. The molecule has 0 saturated carbocycles. The monoisotopic (exact) mass is 404 g/mol. The number of benzene rings is 1. The molecule has 0 aliphatic carbocycles. The van der Waals surface area contributed by atoms with Crippen LogP contribution in [0.3, 0.4) is 0 Å². The van der Waals surface area contributed by atoms with Crippen LogP contribution < -0.4 is 10.1 Å². The minimum atomic E-state index is -0.985. The molecular weight excluding hydrogens is 379 g/mol. The molecular formula is C21H25FN2O5. The second kappa shape index (κ2) is 8.89. The molecule has 1 aromatic carbocycles. The molecule has 2 rings (SSSR count). The molecule has 7 nitrogen and oxygen atoms in total. The summed E-state index contributed by atoms with van der Waals surface area (Å²) in [5.74, 6) is -2.06. The van der Waals surface area contributed by atoms with Crippen LogP contribution in [-0.4, -0.2) is 41.2 Å². The van der Waals surface area contributed by atoms with E-state index in [0.717, 1.165) is 5.56 Å². The lowest BCUT2D eigenvalue weighted by atomic mass is 9.80. The van der Waals surface area contributed by atoms with Gasteiger partial charge in [-0.05, 0) is 31.5 Å². The van der Waals surface area contributed by atoms with Crippen molar-refractivity contribution in [3.05, 3.63) is 53.6 Å². The number of hydrogen-bond donors (Lipinski definition) is 2. The highest BCUT2D eigenvalue weighted by Gasteiger charge is 2.32. The van der Waals surface area contributed by atoms with Crippen LogP contribution in [0.15, 0.2) is 36.5 Å². The van der Waals surface area contributed by atoms with Gasteiger partial charge in [0.1, 0.15) is 18.0 Å². The number of methoxy groups -OCH3 is 1. The first-order valence-electron chi connectivity index (χ1n) is 9.07. The van der Waals surface area contributed by atoms with E-state index < -0.39 is 35.2 Å². The summed E-state index contributed by atoms with van der Waals surface area (Å²) in [5, 5.41) is 12.5. The maximum absolute atomic E-state index is 13.2. The van der Waals surface area contributed by atoms with E-state index in [1.165, 1.54) is 38.4 Å². The van der Waals surface area contributed by atoms with Crippen LogP contribution in [0.5, 0.6) is 11.5 Å². The van der Waals surface area contributed by atoms with Gasteiger partial charge < -0.3 is 19.9 Å². The van der Waals surface area contributed by atoms with E-state index in [0.29, 0.717) is 0 Å². The second-order valence-electron chi connectivity index (χ2n) is 7.21. The van der Waals surface area contributed by atoms with Crippen LogP contribution in [0, 0.1) is 5.82 Å². The Morgan fingerprint density at radius 3 is 2.38 bits per heavy atom. The van der Waals surface area contributed by atoms with E-state index in [-0.39, 0.29) is 17.3 Å². The fourth-order valence-corrected chi connectivity index (χ4v) is 2.63. The van der Waals surface area contributed by atoms with Gasteiger partial charge in [0.15, 0.2) is 17.2 Å². The molecule has 2 N–H and O–H groups in total. The molecule has 29 heavy (non-hydrogen) atoms. The lowest BCUT2D eigenvalue weighted by Crippen LogP contribution is -2.44. The smallest absolute Gasteiger partial charge is 0.328 e. The lowest BCUT2D eigenvalue weighted by molar-refractivity contribution is -0.153. The lowest BCUT2D eigenvalue weighted by Gasteiger charge is -2.32. The SMILES string of the molecule is COc1ccnc(C(=O)N[C@@H](C)C(=O)OC(C)C(C)(C)c2ccc(F)cc2)c1O. The number of halogens is 1. The molecule has 1 amide bonds. The van der Waals surface area contributed by atoms with E-state index in [2.05, 4.69) is 10.3 Å². The Kier molecular flexibility index (Phi) is 6.79. The minimum Gasteiger partial charge on any atom is -0.503 e. The maximum Gasteiger partial charge on any atom is 0.328 e. The molecule has 2 aromatic rings. The molecule has 0 saturated heterocycles. The predicted octanol–water partition coefficient (Wildman–Crippen LogP) is 2.96. The van der Waals surface area contributed by atoms with E-state index >= 15 is 0 Å². The first-order valence-corrected chi connectivity index (χ1v) is 9.07. The van der Waals surface area contributed by atoms with E-state index in [1.807, 2.05) is 13.8 Å². The third-order valence-electron chi connectivity index (χ3n) is 4.92. The Morgan fingerprint density at radius 1 is 1.17 bits per heavy atom. The van der Waals surface area contributed by atoms with Gasteiger partial charge in [0, 0.05) is 17.7 Å². The first kappa shape index (κ1) is 22.1. The number of nitrogens with zero attached hydrogens (tertiary/aromatic N) is 1. The Bertz CT molecular complexity index is 883. The van der Waals surface area contributed by atoms with E-state index in [9.17, 15) is 19.1 Å². The van der Waals surface area contributed by atoms with Gasteiger partial charge in [-0.2, -0.15) is 0 Å². The Balaban J connectivity index is 2.04. The van der Waals surface area contributed by atoms with Crippen molar-refractivity contribution in [1.29, 1.82) is 0 Å². The summed E-state index contributed by atoms with van der Waals surface area (Å²) in [7, 11) is 1.35. The van der Waals surface area contributed by atoms with Crippen molar-refractivity contribution in [1.82, 2.24) is 10.3 Å². The van der Waals surface area contributed by atoms with Crippen molar-refractivity contribution in [2.75, 3.05) is 7.11 Å². The van der Waals surface area contributed by atoms with Gasteiger partial charge in [-0.15, -0.1) is 0 Å². The van der Waals surface area contributed by atoms with Crippen molar-refractivity contribution in [2.45, 2.75) is 45.3 Å². The topological polar surface area (TPSA) is 97.8 Å². The van der Waals surface area contributed by atoms with Crippen LogP contribution in [0.25, 0.3) is 0 Å². The van der Waals surface area contributed by atoms with Gasteiger partial charge in [0.2, 0.25) is 0 Å².